The zero-order valence-electron chi connectivity index (χ0n) is 15.7. The van der Waals surface area contributed by atoms with Crippen LogP contribution in [0.15, 0.2) is 54.6 Å². The van der Waals surface area contributed by atoms with Crippen molar-refractivity contribution in [3.63, 3.8) is 0 Å². The van der Waals surface area contributed by atoms with Crippen LogP contribution in [0.5, 0.6) is 17.2 Å². The first-order chi connectivity index (χ1) is 13.5. The average molecular weight is 396 g/mol. The molecule has 5 heteroatoms. The SMILES string of the molecule is Cc1cccc(CN2CCOc3c(O)cc(-c4cccc(Cl)c4)cc3C2)c1O. The van der Waals surface area contributed by atoms with Crippen LogP contribution in [0.2, 0.25) is 5.02 Å². The lowest BCUT2D eigenvalue weighted by Gasteiger charge is -2.20. The van der Waals surface area contributed by atoms with Gasteiger partial charge in [0.25, 0.3) is 0 Å². The van der Waals surface area contributed by atoms with Crippen LogP contribution in [-0.4, -0.2) is 28.3 Å². The fourth-order valence-electron chi connectivity index (χ4n) is 3.61. The molecule has 0 amide bonds. The van der Waals surface area contributed by atoms with Crippen molar-refractivity contribution in [1.29, 1.82) is 0 Å². The summed E-state index contributed by atoms with van der Waals surface area (Å²) in [6.07, 6.45) is 0. The molecule has 3 aromatic carbocycles. The minimum Gasteiger partial charge on any atom is -0.507 e. The van der Waals surface area contributed by atoms with Gasteiger partial charge in [-0.25, -0.2) is 0 Å². The number of phenols is 2. The van der Waals surface area contributed by atoms with Gasteiger partial charge in [0.15, 0.2) is 11.5 Å². The van der Waals surface area contributed by atoms with Gasteiger partial charge >= 0.3 is 0 Å². The molecule has 1 aliphatic rings. The largest absolute Gasteiger partial charge is 0.507 e. The zero-order chi connectivity index (χ0) is 19.7. The maximum Gasteiger partial charge on any atom is 0.165 e. The van der Waals surface area contributed by atoms with Gasteiger partial charge in [-0.1, -0.05) is 41.9 Å². The number of phenolic OH excluding ortho intramolecular Hbond substituents is 2. The zero-order valence-corrected chi connectivity index (χ0v) is 16.4. The molecule has 0 fully saturated rings. The molecular formula is C23H22ClNO3. The fraction of sp³-hybridized carbons (Fsp3) is 0.217. The highest BCUT2D eigenvalue weighted by molar-refractivity contribution is 6.30. The number of halogens is 1. The highest BCUT2D eigenvalue weighted by atomic mass is 35.5. The molecule has 1 heterocycles. The van der Waals surface area contributed by atoms with E-state index in [1.165, 1.54) is 0 Å². The topological polar surface area (TPSA) is 52.9 Å². The predicted molar refractivity (Wildman–Crippen MR) is 111 cm³/mol. The van der Waals surface area contributed by atoms with Crippen molar-refractivity contribution in [3.8, 4) is 28.4 Å². The Morgan fingerprint density at radius 1 is 1.04 bits per heavy atom. The van der Waals surface area contributed by atoms with E-state index in [9.17, 15) is 10.2 Å². The molecule has 0 atom stereocenters. The van der Waals surface area contributed by atoms with Gasteiger partial charge in [0.05, 0.1) is 0 Å². The van der Waals surface area contributed by atoms with Gasteiger partial charge in [-0.15, -0.1) is 0 Å². The summed E-state index contributed by atoms with van der Waals surface area (Å²) < 4.78 is 5.84. The van der Waals surface area contributed by atoms with Crippen LogP contribution in [0.4, 0.5) is 0 Å². The van der Waals surface area contributed by atoms with Gasteiger partial charge in [0, 0.05) is 35.8 Å². The third-order valence-electron chi connectivity index (χ3n) is 5.07. The van der Waals surface area contributed by atoms with E-state index in [0.29, 0.717) is 42.8 Å². The molecule has 3 aromatic rings. The van der Waals surface area contributed by atoms with Crippen molar-refractivity contribution >= 4 is 11.6 Å². The minimum absolute atomic E-state index is 0.132. The predicted octanol–water partition coefficient (Wildman–Crippen LogP) is 5.12. The van der Waals surface area contributed by atoms with Crippen molar-refractivity contribution in [1.82, 2.24) is 4.90 Å². The van der Waals surface area contributed by atoms with Gasteiger partial charge in [-0.2, -0.15) is 0 Å². The molecule has 4 rings (SSSR count). The summed E-state index contributed by atoms with van der Waals surface area (Å²) in [7, 11) is 0. The third-order valence-corrected chi connectivity index (χ3v) is 5.30. The number of para-hydroxylation sites is 1. The monoisotopic (exact) mass is 395 g/mol. The molecular weight excluding hydrogens is 374 g/mol. The van der Waals surface area contributed by atoms with E-state index in [4.69, 9.17) is 16.3 Å². The van der Waals surface area contributed by atoms with E-state index < -0.39 is 0 Å². The van der Waals surface area contributed by atoms with Gasteiger partial charge in [0.2, 0.25) is 0 Å². The Morgan fingerprint density at radius 3 is 2.68 bits per heavy atom. The van der Waals surface area contributed by atoms with E-state index >= 15 is 0 Å². The Hall–Kier alpha value is -2.69. The molecule has 1 aliphatic heterocycles. The number of hydrogen-bond acceptors (Lipinski definition) is 4. The first kappa shape index (κ1) is 18.7. The second-order valence-electron chi connectivity index (χ2n) is 7.14. The van der Waals surface area contributed by atoms with E-state index in [0.717, 1.165) is 27.8 Å². The van der Waals surface area contributed by atoms with Crippen LogP contribution < -0.4 is 4.74 Å². The molecule has 0 aliphatic carbocycles. The molecule has 0 saturated carbocycles. The molecule has 0 radical (unpaired) electrons. The Bertz CT molecular complexity index is 1020. The molecule has 0 bridgehead atoms. The number of ether oxygens (including phenoxy) is 1. The lowest BCUT2D eigenvalue weighted by atomic mass is 10.0. The summed E-state index contributed by atoms with van der Waals surface area (Å²) in [6.45, 7) is 4.30. The minimum atomic E-state index is 0.132. The Balaban J connectivity index is 1.66. The van der Waals surface area contributed by atoms with Crippen molar-refractivity contribution in [3.05, 3.63) is 76.3 Å². The third kappa shape index (κ3) is 3.79. The number of fused-ring (bicyclic) bond motifs is 1. The average Bonchev–Trinajstić information content (AvgIpc) is 2.87. The molecule has 0 spiro atoms. The summed E-state index contributed by atoms with van der Waals surface area (Å²) in [5.41, 5.74) is 4.50. The Kier molecular flexibility index (Phi) is 5.16. The summed E-state index contributed by atoms with van der Waals surface area (Å²) >= 11 is 6.13. The van der Waals surface area contributed by atoms with Crippen LogP contribution in [0, 0.1) is 6.92 Å². The van der Waals surface area contributed by atoms with Gasteiger partial charge in [-0.05, 0) is 47.9 Å². The molecule has 144 valence electrons. The summed E-state index contributed by atoms with van der Waals surface area (Å²) in [6, 6.07) is 17.1. The van der Waals surface area contributed by atoms with Gasteiger partial charge in [0.1, 0.15) is 12.4 Å². The van der Waals surface area contributed by atoms with Crippen LogP contribution in [0.25, 0.3) is 11.1 Å². The maximum atomic E-state index is 10.5. The Labute approximate surface area is 169 Å². The van der Waals surface area contributed by atoms with Crippen molar-refractivity contribution < 1.29 is 14.9 Å². The first-order valence-corrected chi connectivity index (χ1v) is 9.63. The van der Waals surface area contributed by atoms with Crippen LogP contribution in [0.1, 0.15) is 16.7 Å². The number of aryl methyl sites for hydroxylation is 1. The van der Waals surface area contributed by atoms with E-state index in [1.807, 2.05) is 55.5 Å². The highest BCUT2D eigenvalue weighted by Gasteiger charge is 2.21. The van der Waals surface area contributed by atoms with Gasteiger partial charge in [-0.3, -0.25) is 4.90 Å². The van der Waals surface area contributed by atoms with Crippen LogP contribution in [0.3, 0.4) is 0 Å². The second-order valence-corrected chi connectivity index (χ2v) is 7.57. The normalized spacial score (nSPS) is 14.2. The number of nitrogens with zero attached hydrogens (tertiary/aromatic N) is 1. The van der Waals surface area contributed by atoms with E-state index in [1.54, 1.807) is 6.07 Å². The summed E-state index contributed by atoms with van der Waals surface area (Å²) in [5, 5.41) is 21.5. The fourth-order valence-corrected chi connectivity index (χ4v) is 3.80. The number of benzene rings is 3. The van der Waals surface area contributed by atoms with Crippen molar-refractivity contribution in [2.75, 3.05) is 13.2 Å². The molecule has 2 N–H and O–H groups in total. The number of rotatable bonds is 3. The first-order valence-electron chi connectivity index (χ1n) is 9.25. The number of aromatic hydroxyl groups is 2. The standard InChI is InChI=1S/C23H22ClNO3/c1-15-4-2-6-17(22(15)27)13-25-8-9-28-23-19(14-25)10-18(12-21(23)26)16-5-3-7-20(24)11-16/h2-7,10-12,26-27H,8-9,13-14H2,1H3. The number of hydrogen-bond donors (Lipinski definition) is 2. The highest BCUT2D eigenvalue weighted by Crippen LogP contribution is 2.38. The molecule has 0 saturated heterocycles. The molecule has 28 heavy (non-hydrogen) atoms. The summed E-state index contributed by atoms with van der Waals surface area (Å²) in [5.74, 6) is 0.998. The van der Waals surface area contributed by atoms with E-state index in [-0.39, 0.29) is 5.75 Å². The van der Waals surface area contributed by atoms with E-state index in [2.05, 4.69) is 4.90 Å². The summed E-state index contributed by atoms with van der Waals surface area (Å²) in [4.78, 5) is 2.21. The van der Waals surface area contributed by atoms with Crippen molar-refractivity contribution in [2.45, 2.75) is 20.0 Å². The molecule has 0 unspecified atom stereocenters. The molecule has 0 aromatic heterocycles. The maximum absolute atomic E-state index is 10.5. The smallest absolute Gasteiger partial charge is 0.165 e. The van der Waals surface area contributed by atoms with Crippen molar-refractivity contribution in [2.24, 2.45) is 0 Å². The Morgan fingerprint density at radius 2 is 1.86 bits per heavy atom. The molecule has 4 nitrogen and oxygen atoms in total. The lowest BCUT2D eigenvalue weighted by Crippen LogP contribution is -2.25. The second kappa shape index (κ2) is 7.74. The quantitative estimate of drug-likeness (QED) is 0.646. The lowest BCUT2D eigenvalue weighted by molar-refractivity contribution is 0.215. The van der Waals surface area contributed by atoms with Crippen LogP contribution in [-0.2, 0) is 13.1 Å². The van der Waals surface area contributed by atoms with Gasteiger partial charge < -0.3 is 14.9 Å². The van der Waals surface area contributed by atoms with Crippen LogP contribution >= 0.6 is 11.6 Å².